The van der Waals surface area contributed by atoms with Crippen molar-refractivity contribution in [1.29, 1.82) is 0 Å². The summed E-state index contributed by atoms with van der Waals surface area (Å²) in [6, 6.07) is 6.68. The quantitative estimate of drug-likeness (QED) is 0.0521. The zero-order chi connectivity index (χ0) is 43.2. The molecule has 1 saturated heterocycles. The summed E-state index contributed by atoms with van der Waals surface area (Å²) in [5.41, 5.74) is 9.47. The third kappa shape index (κ3) is 16.1. The van der Waals surface area contributed by atoms with E-state index in [-0.39, 0.29) is 14.3 Å². The molecule has 14 nitrogen and oxygen atoms in total. The predicted molar refractivity (Wildman–Crippen MR) is 249 cm³/mol. The van der Waals surface area contributed by atoms with Crippen LogP contribution < -0.4 is 16.7 Å². The first kappa shape index (κ1) is 45.0. The summed E-state index contributed by atoms with van der Waals surface area (Å²) in [6.45, 7) is 9.28. The van der Waals surface area contributed by atoms with Gasteiger partial charge in [0.25, 0.3) is 0 Å². The second-order valence-electron chi connectivity index (χ2n) is 11.3. The molecule has 3 aromatic heterocycles. The number of nitro groups is 1. The Balaban J connectivity index is -0.000000146. The number of hydrogen-bond acceptors (Lipinski definition) is 10. The molecule has 0 bridgehead atoms. The third-order valence-corrected chi connectivity index (χ3v) is 7.31. The van der Waals surface area contributed by atoms with Crippen LogP contribution in [0.4, 0.5) is 5.95 Å². The number of nitrogens with zero attached hydrogens (tertiary/aromatic N) is 6. The van der Waals surface area contributed by atoms with E-state index in [9.17, 15) is 10.1 Å². The number of rotatable bonds is 6. The molecule has 60 heavy (non-hydrogen) atoms. The first-order chi connectivity index (χ1) is 29.3. The summed E-state index contributed by atoms with van der Waals surface area (Å²) in [5, 5.41) is 21.2. The van der Waals surface area contributed by atoms with Crippen molar-refractivity contribution in [2.24, 2.45) is 16.3 Å². The molecule has 0 amide bonds. The Hall–Kier alpha value is -9.43. The second kappa shape index (κ2) is 26.4. The lowest BCUT2D eigenvalue weighted by molar-refractivity contribution is -0.546. The molecule has 0 saturated carbocycles. The lowest BCUT2D eigenvalue weighted by atomic mass is 9.95. The van der Waals surface area contributed by atoms with Crippen LogP contribution in [-0.4, -0.2) is 44.4 Å². The van der Waals surface area contributed by atoms with Crippen LogP contribution in [0, 0.1) is 162 Å². The van der Waals surface area contributed by atoms with Crippen molar-refractivity contribution in [3.05, 3.63) is 57.7 Å². The number of imidazole rings is 1. The van der Waals surface area contributed by atoms with E-state index in [0.717, 1.165) is 82.3 Å². The third-order valence-electron chi connectivity index (χ3n) is 7.31. The number of fused-ring (bicyclic) bond motifs is 1. The molecule has 4 heterocycles. The van der Waals surface area contributed by atoms with E-state index >= 15 is 0 Å². The van der Waals surface area contributed by atoms with Crippen molar-refractivity contribution in [2.75, 3.05) is 18.5 Å². The van der Waals surface area contributed by atoms with Crippen molar-refractivity contribution in [1.82, 2.24) is 25.6 Å². The molecular weight excluding hydrogens is 757 g/mol. The van der Waals surface area contributed by atoms with Gasteiger partial charge in [-0.05, 0) is 165 Å². The van der Waals surface area contributed by atoms with Gasteiger partial charge in [-0.1, -0.05) is 11.1 Å². The van der Waals surface area contributed by atoms with Crippen LogP contribution in [0.5, 0.6) is 0 Å². The van der Waals surface area contributed by atoms with Crippen molar-refractivity contribution in [3.8, 4) is 153 Å². The zero-order valence-corrected chi connectivity index (χ0v) is 32.8. The van der Waals surface area contributed by atoms with Gasteiger partial charge in [0.15, 0.2) is 5.22 Å². The van der Waals surface area contributed by atoms with Gasteiger partial charge in [-0.25, -0.2) is 4.98 Å². The SMILES string of the molecule is C#CC#CC#CC#CC#CC#CC#CC#CC#CC#CC#CC.Cc1ccncc1-c1cc(-c2c(C)noc2C)cc2[nH]c(NC3CCOCC3)nc12.NN=NN[N+](=O)[O-].[HH].[HH].[HH].[HH].[HH].[HH].[HH].[HH].[HH].[HH]. The topological polar surface area (TPSA) is 195 Å². The van der Waals surface area contributed by atoms with Crippen LogP contribution in [0.25, 0.3) is 33.3 Å². The van der Waals surface area contributed by atoms with Crippen molar-refractivity contribution < 1.29 is 28.6 Å². The van der Waals surface area contributed by atoms with Gasteiger partial charge in [0.2, 0.25) is 5.95 Å². The number of benzene rings is 1. The first-order valence-electron chi connectivity index (χ1n) is 17.4. The molecule has 1 aliphatic heterocycles. The van der Waals surface area contributed by atoms with E-state index in [2.05, 4.69) is 180 Å². The number of aromatic amines is 1. The second-order valence-corrected chi connectivity index (χ2v) is 11.3. The number of aromatic nitrogens is 4. The summed E-state index contributed by atoms with van der Waals surface area (Å²) in [5.74, 6) is 57.9. The smallest absolute Gasteiger partial charge is 0.201 e. The highest BCUT2D eigenvalue weighted by Crippen LogP contribution is 2.37. The number of hydrazine groups is 1. The molecule has 5 N–H and O–H groups in total. The number of aryl methyl sites for hydroxylation is 3. The fourth-order valence-corrected chi connectivity index (χ4v) is 4.90. The molecule has 0 unspecified atom stereocenters. The minimum atomic E-state index is -0.879. The average molecular weight is 809 g/mol. The van der Waals surface area contributed by atoms with Crippen molar-refractivity contribution >= 4 is 17.0 Å². The minimum absolute atomic E-state index is 0. The summed E-state index contributed by atoms with van der Waals surface area (Å²) in [6.07, 6.45) is 10.6. The Labute approximate surface area is 363 Å². The van der Waals surface area contributed by atoms with E-state index in [1.165, 1.54) is 5.53 Å². The molecule has 1 aromatic carbocycles. The lowest BCUT2D eigenvalue weighted by Crippen LogP contribution is -2.28. The Bertz CT molecular complexity index is 2960. The van der Waals surface area contributed by atoms with E-state index in [1.54, 1.807) is 6.92 Å². The van der Waals surface area contributed by atoms with Crippen LogP contribution >= 0.6 is 0 Å². The fraction of sp³-hybridized carbons (Fsp3) is 0.196. The van der Waals surface area contributed by atoms with Gasteiger partial charge in [-0.15, -0.1) is 6.42 Å². The molecule has 14 heteroatoms. The summed E-state index contributed by atoms with van der Waals surface area (Å²) < 4.78 is 10.9. The first-order valence-corrected chi connectivity index (χ1v) is 17.4. The summed E-state index contributed by atoms with van der Waals surface area (Å²) in [4.78, 5) is 22.0. The maximum atomic E-state index is 9.24. The summed E-state index contributed by atoms with van der Waals surface area (Å²) >= 11 is 0. The van der Waals surface area contributed by atoms with Crippen LogP contribution in [0.3, 0.4) is 0 Å². The van der Waals surface area contributed by atoms with Crippen molar-refractivity contribution in [2.45, 2.75) is 46.6 Å². The van der Waals surface area contributed by atoms with Gasteiger partial charge < -0.3 is 29.7 Å². The van der Waals surface area contributed by atoms with Gasteiger partial charge in [-0.3, -0.25) is 10.8 Å². The Morgan fingerprint density at radius 1 is 0.883 bits per heavy atom. The normalized spacial score (nSPS) is 10.1. The van der Waals surface area contributed by atoms with Gasteiger partial charge >= 0.3 is 0 Å². The number of nitrogens with one attached hydrogen (secondary N) is 3. The molecule has 1 fully saturated rings. The fourth-order valence-electron chi connectivity index (χ4n) is 4.90. The highest BCUT2D eigenvalue weighted by Gasteiger charge is 2.20. The van der Waals surface area contributed by atoms with Crippen LogP contribution in [0.15, 0.2) is 45.6 Å². The van der Waals surface area contributed by atoms with Gasteiger partial charge in [0.1, 0.15) is 5.76 Å². The number of H-pyrrole nitrogens is 1. The van der Waals surface area contributed by atoms with E-state index in [0.29, 0.717) is 6.04 Å². The number of hydrogen-bond donors (Lipinski definition) is 4. The molecular formula is C46H52N10O4. The zero-order valence-electron chi connectivity index (χ0n) is 32.8. The van der Waals surface area contributed by atoms with Crippen LogP contribution in [0.2, 0.25) is 0 Å². The van der Waals surface area contributed by atoms with Crippen LogP contribution in [0.1, 0.15) is 51.0 Å². The largest absolute Gasteiger partial charge is 0.381 e. The number of ether oxygens (including phenoxy) is 1. The van der Waals surface area contributed by atoms with Gasteiger partial charge in [-0.2, -0.15) is 0 Å². The number of anilines is 1. The lowest BCUT2D eigenvalue weighted by Gasteiger charge is -2.22. The molecule has 5 rings (SSSR count). The van der Waals surface area contributed by atoms with Crippen molar-refractivity contribution in [3.63, 3.8) is 0 Å². The molecule has 0 spiro atoms. The standard InChI is InChI=1S/C23H25N5O2.C23H4.H3N5O2.10H2/c1-13-4-7-24-12-19(13)18-10-16(21-14(2)28-30-15(21)3)11-20-22(18)27-23(26-20)25-17-5-8-29-9-6-17;1-3-5-7-9-11-13-15-17-19-21-23-22-20-18-16-14-12-10-8-6-4-2;1-2-3-4-5(6)7;;;;;;;;;;/h4,7,10-12,17H,5-6,8-9H2,1-3H3,(H2,25,26,27);1H,2H3;(H2,1,3)(H,2,4);10*1H. The van der Waals surface area contributed by atoms with Crippen LogP contribution in [-0.2, 0) is 4.74 Å². The van der Waals surface area contributed by atoms with E-state index < -0.39 is 5.03 Å². The Morgan fingerprint density at radius 2 is 1.45 bits per heavy atom. The molecule has 0 radical (unpaired) electrons. The van der Waals surface area contributed by atoms with E-state index in [4.69, 9.17) is 20.7 Å². The number of nitrogens with two attached hydrogens (primary N) is 1. The summed E-state index contributed by atoms with van der Waals surface area (Å²) in [7, 11) is 0. The van der Waals surface area contributed by atoms with Gasteiger partial charge in [0, 0.05) is 91.8 Å². The maximum absolute atomic E-state index is 9.24. The highest BCUT2D eigenvalue weighted by molar-refractivity contribution is 5.98. The monoisotopic (exact) mass is 808 g/mol. The Morgan fingerprint density at radius 3 is 1.92 bits per heavy atom. The maximum Gasteiger partial charge on any atom is 0.201 e. The molecule has 310 valence electrons. The highest BCUT2D eigenvalue weighted by atomic mass is 16.7. The predicted octanol–water partition coefficient (Wildman–Crippen LogP) is 6.94. The van der Waals surface area contributed by atoms with E-state index in [1.807, 2.05) is 32.3 Å². The molecule has 0 atom stereocenters. The number of pyridine rings is 1. The number of terminal acetylenes is 1. The Kier molecular flexibility index (Phi) is 19.8. The minimum Gasteiger partial charge on any atom is -0.381 e. The molecule has 4 aromatic rings. The molecule has 0 aliphatic carbocycles. The average Bonchev–Trinajstić information content (AvgIpc) is 3.82. The van der Waals surface area contributed by atoms with Gasteiger partial charge in [0.05, 0.1) is 27.0 Å². The molecule has 1 aliphatic rings.